The highest BCUT2D eigenvalue weighted by Gasteiger charge is 2.25. The third-order valence-corrected chi connectivity index (χ3v) is 5.41. The van der Waals surface area contributed by atoms with Gasteiger partial charge in [-0.15, -0.1) is 0 Å². The Balaban J connectivity index is 2.11. The summed E-state index contributed by atoms with van der Waals surface area (Å²) < 4.78 is 22.8. The highest BCUT2D eigenvalue weighted by molar-refractivity contribution is 7.85. The zero-order chi connectivity index (χ0) is 17.7. The number of amides is 1. The number of nitrogens with zero attached hydrogens (tertiary/aromatic N) is 1. The van der Waals surface area contributed by atoms with Gasteiger partial charge in [0.05, 0.1) is 12.9 Å². The zero-order valence-corrected chi connectivity index (χ0v) is 15.2. The van der Waals surface area contributed by atoms with E-state index < -0.39 is 16.0 Å². The number of hydrogen-bond acceptors (Lipinski definition) is 5. The number of carbonyl (C=O) groups is 1. The number of ether oxygens (including phenoxy) is 1. The molecule has 0 saturated heterocycles. The second-order valence-electron chi connectivity index (χ2n) is 5.19. The van der Waals surface area contributed by atoms with Crippen molar-refractivity contribution in [3.8, 4) is 5.75 Å². The largest absolute Gasteiger partial charge is 0.496 e. The van der Waals surface area contributed by atoms with E-state index in [0.29, 0.717) is 34.3 Å². The summed E-state index contributed by atoms with van der Waals surface area (Å²) >= 11 is 5.99. The molecule has 130 valence electrons. The molecule has 0 unspecified atom stereocenters. The Morgan fingerprint density at radius 1 is 1.46 bits per heavy atom. The first-order valence-corrected chi connectivity index (χ1v) is 9.14. The highest BCUT2D eigenvalue weighted by atomic mass is 35.5. The third-order valence-electron chi connectivity index (χ3n) is 3.40. The maximum absolute atomic E-state index is 12.7. The van der Waals surface area contributed by atoms with Crippen LogP contribution >= 0.6 is 11.6 Å². The van der Waals surface area contributed by atoms with Crippen LogP contribution in [-0.2, 0) is 21.3 Å². The topological polar surface area (TPSA) is 81.4 Å². The number of rotatable bonds is 7. The van der Waals surface area contributed by atoms with Gasteiger partial charge in [-0.1, -0.05) is 23.7 Å². The average molecular weight is 371 g/mol. The molecule has 2 aromatic rings. The van der Waals surface area contributed by atoms with Gasteiger partial charge >= 0.3 is 0 Å². The van der Waals surface area contributed by atoms with Crippen molar-refractivity contribution >= 4 is 34.1 Å². The lowest BCUT2D eigenvalue weighted by atomic mass is 10.2. The predicted octanol–water partition coefficient (Wildman–Crippen LogP) is 3.31. The van der Waals surface area contributed by atoms with E-state index in [1.54, 1.807) is 31.2 Å². The molecule has 1 amide bonds. The summed E-state index contributed by atoms with van der Waals surface area (Å²) in [7, 11) is 0.0993. The van der Waals surface area contributed by atoms with Crippen LogP contribution in [0.5, 0.6) is 5.75 Å². The molecule has 0 spiro atoms. The van der Waals surface area contributed by atoms with E-state index in [4.69, 9.17) is 20.9 Å². The number of carbonyl (C=O) groups excluding carboxylic acids is 1. The highest BCUT2D eigenvalue weighted by Crippen LogP contribution is 2.25. The Kier molecular flexibility index (Phi) is 6.39. The zero-order valence-electron chi connectivity index (χ0n) is 13.7. The Hall–Kier alpha value is -1.86. The Bertz CT molecular complexity index is 747. The normalized spacial score (nSPS) is 13.3. The van der Waals surface area contributed by atoms with E-state index in [0.717, 1.165) is 0 Å². The van der Waals surface area contributed by atoms with Crippen molar-refractivity contribution in [2.24, 2.45) is 0 Å². The first kappa shape index (κ1) is 18.5. The second kappa shape index (κ2) is 8.30. The van der Waals surface area contributed by atoms with E-state index in [9.17, 15) is 9.00 Å². The third kappa shape index (κ3) is 4.58. The fourth-order valence-electron chi connectivity index (χ4n) is 2.24. The molecule has 0 aliphatic rings. The summed E-state index contributed by atoms with van der Waals surface area (Å²) in [4.78, 5) is 12.4. The van der Waals surface area contributed by atoms with Crippen molar-refractivity contribution in [3.63, 3.8) is 0 Å². The van der Waals surface area contributed by atoms with Crippen LogP contribution in [0.2, 0.25) is 5.02 Å². The summed E-state index contributed by atoms with van der Waals surface area (Å²) in [6.07, 6.45) is 0.429. The Labute approximate surface area is 148 Å². The molecule has 0 aliphatic carbocycles. The van der Waals surface area contributed by atoms with Gasteiger partial charge in [-0.05, 0) is 31.5 Å². The van der Waals surface area contributed by atoms with Crippen LogP contribution < -0.4 is 10.1 Å². The predicted molar refractivity (Wildman–Crippen MR) is 93.8 cm³/mol. The van der Waals surface area contributed by atoms with E-state index in [2.05, 4.69) is 10.5 Å². The molecular formula is C16H19ClN2O4S. The summed E-state index contributed by atoms with van der Waals surface area (Å²) in [6.45, 7) is 3.54. The van der Waals surface area contributed by atoms with Gasteiger partial charge in [-0.2, -0.15) is 0 Å². The summed E-state index contributed by atoms with van der Waals surface area (Å²) in [5, 5.41) is 6.19. The summed E-state index contributed by atoms with van der Waals surface area (Å²) in [5.74, 6) is 1.31. The molecule has 6 nitrogen and oxygen atoms in total. The van der Waals surface area contributed by atoms with Crippen molar-refractivity contribution in [2.45, 2.75) is 31.3 Å². The van der Waals surface area contributed by atoms with Gasteiger partial charge in [0.1, 0.15) is 16.8 Å². The number of halogens is 1. The van der Waals surface area contributed by atoms with Crippen molar-refractivity contribution < 1.29 is 18.3 Å². The molecule has 0 saturated carbocycles. The summed E-state index contributed by atoms with van der Waals surface area (Å²) in [5.41, 5.74) is 0.701. The van der Waals surface area contributed by atoms with Crippen molar-refractivity contribution in [1.82, 2.24) is 5.16 Å². The van der Waals surface area contributed by atoms with E-state index in [-0.39, 0.29) is 11.7 Å². The van der Waals surface area contributed by atoms with Crippen LogP contribution in [0.4, 0.5) is 5.82 Å². The maximum Gasteiger partial charge on any atom is 0.241 e. The molecule has 1 N–H and O–H groups in total. The van der Waals surface area contributed by atoms with Crippen LogP contribution in [0.3, 0.4) is 0 Å². The molecule has 0 aliphatic heterocycles. The van der Waals surface area contributed by atoms with Crippen LogP contribution in [0, 0.1) is 6.92 Å². The molecule has 1 heterocycles. The van der Waals surface area contributed by atoms with Gasteiger partial charge in [-0.25, -0.2) is 0 Å². The minimum atomic E-state index is -1.43. The lowest BCUT2D eigenvalue weighted by molar-refractivity contribution is -0.115. The molecular weight excluding hydrogens is 352 g/mol. The van der Waals surface area contributed by atoms with E-state index >= 15 is 0 Å². The van der Waals surface area contributed by atoms with Crippen molar-refractivity contribution in [1.29, 1.82) is 0 Å². The SMILES string of the molecule is CC[C@H](C(=O)Nc1cc(C)on1)[S@@](=O)Cc1cc(Cl)ccc1OC. The molecule has 0 bridgehead atoms. The van der Waals surface area contributed by atoms with Gasteiger partial charge in [0.2, 0.25) is 5.91 Å². The lowest BCUT2D eigenvalue weighted by Gasteiger charge is -2.15. The van der Waals surface area contributed by atoms with Crippen molar-refractivity contribution in [2.75, 3.05) is 12.4 Å². The molecule has 1 aromatic heterocycles. The monoisotopic (exact) mass is 370 g/mol. The fourth-order valence-corrected chi connectivity index (χ4v) is 3.83. The smallest absolute Gasteiger partial charge is 0.241 e. The Morgan fingerprint density at radius 3 is 2.79 bits per heavy atom. The van der Waals surface area contributed by atoms with Crippen molar-refractivity contribution in [3.05, 3.63) is 40.6 Å². The molecule has 0 fully saturated rings. The minimum absolute atomic E-state index is 0.174. The quantitative estimate of drug-likeness (QED) is 0.808. The van der Waals surface area contributed by atoms with Gasteiger partial charge in [0, 0.05) is 27.5 Å². The average Bonchev–Trinajstić information content (AvgIpc) is 2.93. The number of aromatic nitrogens is 1. The fraction of sp³-hybridized carbons (Fsp3) is 0.375. The van der Waals surface area contributed by atoms with Crippen LogP contribution in [-0.4, -0.2) is 27.6 Å². The summed E-state index contributed by atoms with van der Waals surface area (Å²) in [6, 6.07) is 6.72. The van der Waals surface area contributed by atoms with Crippen LogP contribution in [0.15, 0.2) is 28.8 Å². The molecule has 2 atom stereocenters. The molecule has 8 heteroatoms. The van der Waals surface area contributed by atoms with Gasteiger partial charge in [-0.3, -0.25) is 9.00 Å². The number of hydrogen-bond donors (Lipinski definition) is 1. The number of aryl methyl sites for hydroxylation is 1. The molecule has 2 rings (SSSR count). The van der Waals surface area contributed by atoms with Crippen LogP contribution in [0.25, 0.3) is 0 Å². The standard InChI is InChI=1S/C16H19ClN2O4S/c1-4-14(16(20)18-15-7-10(2)23-19-15)24(21)9-11-8-12(17)5-6-13(11)22-3/h5-8,14H,4,9H2,1-3H3,(H,18,19,20)/t14-,24+/m1/s1. The lowest BCUT2D eigenvalue weighted by Crippen LogP contribution is -2.32. The number of methoxy groups -OCH3 is 1. The number of nitrogens with one attached hydrogen (secondary N) is 1. The van der Waals surface area contributed by atoms with Gasteiger partial charge in [0.25, 0.3) is 0 Å². The second-order valence-corrected chi connectivity index (χ2v) is 7.25. The first-order chi connectivity index (χ1) is 11.4. The minimum Gasteiger partial charge on any atom is -0.496 e. The van der Waals surface area contributed by atoms with E-state index in [1.165, 1.54) is 7.11 Å². The number of anilines is 1. The van der Waals surface area contributed by atoms with Gasteiger partial charge in [0.15, 0.2) is 5.82 Å². The maximum atomic E-state index is 12.7. The van der Waals surface area contributed by atoms with E-state index in [1.807, 2.05) is 6.92 Å². The van der Waals surface area contributed by atoms with Gasteiger partial charge < -0.3 is 14.6 Å². The first-order valence-electron chi connectivity index (χ1n) is 7.38. The Morgan fingerprint density at radius 2 is 2.21 bits per heavy atom. The molecule has 24 heavy (non-hydrogen) atoms. The molecule has 0 radical (unpaired) electrons. The number of benzene rings is 1. The van der Waals surface area contributed by atoms with Crippen LogP contribution in [0.1, 0.15) is 24.7 Å². The molecule has 1 aromatic carbocycles.